The molecule has 26 heavy (non-hydrogen) atoms. The van der Waals surface area contributed by atoms with Crippen LogP contribution >= 0.6 is 11.8 Å². The highest BCUT2D eigenvalue weighted by Crippen LogP contribution is 2.06. The van der Waals surface area contributed by atoms with Crippen molar-refractivity contribution in [1.82, 2.24) is 16.0 Å². The maximum absolute atomic E-state index is 11.9. The summed E-state index contributed by atoms with van der Waals surface area (Å²) in [6.07, 6.45) is 2.56. The Balaban J connectivity index is 3.89. The number of carboxylic acids is 1. The first-order chi connectivity index (χ1) is 12.1. The average Bonchev–Trinajstić information content (AvgIpc) is 2.56. The van der Waals surface area contributed by atoms with E-state index in [0.717, 1.165) is 18.6 Å². The first-order valence-electron chi connectivity index (χ1n) is 8.58. The summed E-state index contributed by atoms with van der Waals surface area (Å²) in [6.45, 7) is 4.59. The Morgan fingerprint density at radius 1 is 0.923 bits per heavy atom. The highest BCUT2D eigenvalue weighted by Gasteiger charge is 2.21. The van der Waals surface area contributed by atoms with Crippen LogP contribution in [0.4, 0.5) is 0 Å². The third kappa shape index (κ3) is 11.7. The van der Waals surface area contributed by atoms with Crippen molar-refractivity contribution in [2.75, 3.05) is 11.6 Å². The maximum Gasteiger partial charge on any atom is 0.303 e. The number of aliphatic carboxylic acids is 1. The van der Waals surface area contributed by atoms with Crippen LogP contribution in [0, 0.1) is 0 Å². The molecular formula is C16H30N4O5S. The number of amides is 3. The van der Waals surface area contributed by atoms with Gasteiger partial charge in [0.05, 0.1) is 11.9 Å². The zero-order valence-electron chi connectivity index (χ0n) is 15.5. The van der Waals surface area contributed by atoms with Gasteiger partial charge in [-0.1, -0.05) is 6.42 Å². The maximum atomic E-state index is 11.9. The molecular weight excluding hydrogens is 360 g/mol. The lowest BCUT2D eigenvalue weighted by Gasteiger charge is -2.19. The van der Waals surface area contributed by atoms with Crippen molar-refractivity contribution >= 4 is 35.5 Å². The quantitative estimate of drug-likeness (QED) is 0.216. The number of carbonyl (C=O) groups excluding carboxylic acids is 3. The topological polar surface area (TPSA) is 151 Å². The Hall–Kier alpha value is -1.81. The number of unbranched alkanes of at least 4 members (excludes halogenated alkanes) is 2. The molecule has 0 aromatic rings. The summed E-state index contributed by atoms with van der Waals surface area (Å²) in [5.74, 6) is -0.775. The molecule has 10 heteroatoms. The molecule has 0 aliphatic heterocycles. The smallest absolute Gasteiger partial charge is 0.303 e. The fourth-order valence-electron chi connectivity index (χ4n) is 1.82. The molecule has 0 radical (unpaired) electrons. The molecule has 3 amide bonds. The minimum absolute atomic E-state index is 0.182. The van der Waals surface area contributed by atoms with Gasteiger partial charge in [0, 0.05) is 6.42 Å². The minimum Gasteiger partial charge on any atom is -0.481 e. The lowest BCUT2D eigenvalue weighted by atomic mass is 10.2. The van der Waals surface area contributed by atoms with E-state index >= 15 is 0 Å². The normalized spacial score (nSPS) is 14.0. The molecule has 0 aromatic heterocycles. The van der Waals surface area contributed by atoms with E-state index in [0.29, 0.717) is 12.3 Å². The molecule has 0 aromatic carbocycles. The standard InChI is InChI=1S/C16H30N4O5S/c1-10(17)14(23)19-12(3)16(25)20-11(2)15(24)18-9-26-8-6-4-5-7-13(21)22/h10-12H,4-9,17H2,1-3H3,(H,18,24)(H,19,23)(H,20,25)(H,21,22)/t10-,11+,12-/m0/s1. The first-order valence-corrected chi connectivity index (χ1v) is 9.74. The van der Waals surface area contributed by atoms with E-state index < -0.39 is 35.9 Å². The fraction of sp³-hybridized carbons (Fsp3) is 0.750. The van der Waals surface area contributed by atoms with Crippen LogP contribution in [0.2, 0.25) is 0 Å². The zero-order valence-corrected chi connectivity index (χ0v) is 16.4. The van der Waals surface area contributed by atoms with E-state index in [1.54, 1.807) is 6.92 Å². The average molecular weight is 391 g/mol. The van der Waals surface area contributed by atoms with E-state index in [4.69, 9.17) is 10.8 Å². The van der Waals surface area contributed by atoms with Crippen molar-refractivity contribution in [3.8, 4) is 0 Å². The highest BCUT2D eigenvalue weighted by molar-refractivity contribution is 7.99. The van der Waals surface area contributed by atoms with Crippen LogP contribution in [0.25, 0.3) is 0 Å². The van der Waals surface area contributed by atoms with Gasteiger partial charge in [-0.05, 0) is 39.4 Å². The van der Waals surface area contributed by atoms with Gasteiger partial charge in [-0.25, -0.2) is 0 Å². The van der Waals surface area contributed by atoms with Crippen LogP contribution < -0.4 is 21.7 Å². The molecule has 0 rings (SSSR count). The predicted molar refractivity (Wildman–Crippen MR) is 100 cm³/mol. The number of nitrogens with two attached hydrogens (primary N) is 1. The Morgan fingerprint density at radius 2 is 1.50 bits per heavy atom. The Morgan fingerprint density at radius 3 is 2.08 bits per heavy atom. The summed E-state index contributed by atoms with van der Waals surface area (Å²) in [6, 6.07) is -2.23. The van der Waals surface area contributed by atoms with E-state index in [1.165, 1.54) is 25.6 Å². The summed E-state index contributed by atoms with van der Waals surface area (Å²) < 4.78 is 0. The van der Waals surface area contributed by atoms with Gasteiger partial charge in [0.1, 0.15) is 12.1 Å². The predicted octanol–water partition coefficient (Wildman–Crippen LogP) is -0.205. The summed E-state index contributed by atoms with van der Waals surface area (Å²) >= 11 is 1.53. The van der Waals surface area contributed by atoms with Crippen molar-refractivity contribution in [3.63, 3.8) is 0 Å². The molecule has 0 aliphatic carbocycles. The first kappa shape index (κ1) is 24.2. The van der Waals surface area contributed by atoms with Crippen LogP contribution in [0.5, 0.6) is 0 Å². The molecule has 0 saturated heterocycles. The van der Waals surface area contributed by atoms with Gasteiger partial charge in [0.15, 0.2) is 0 Å². The molecule has 0 heterocycles. The lowest BCUT2D eigenvalue weighted by molar-refractivity contribution is -0.137. The minimum atomic E-state index is -0.788. The summed E-state index contributed by atoms with van der Waals surface area (Å²) in [5.41, 5.74) is 5.42. The van der Waals surface area contributed by atoms with E-state index in [2.05, 4.69) is 16.0 Å². The third-order valence-corrected chi connectivity index (χ3v) is 4.37. The van der Waals surface area contributed by atoms with Gasteiger partial charge >= 0.3 is 5.97 Å². The van der Waals surface area contributed by atoms with E-state index in [-0.39, 0.29) is 12.3 Å². The molecule has 3 atom stereocenters. The van der Waals surface area contributed by atoms with Crippen molar-refractivity contribution in [2.24, 2.45) is 5.73 Å². The second-order valence-electron chi connectivity index (χ2n) is 6.05. The van der Waals surface area contributed by atoms with E-state index in [1.807, 2.05) is 0 Å². The molecule has 0 unspecified atom stereocenters. The number of hydrogen-bond donors (Lipinski definition) is 5. The van der Waals surface area contributed by atoms with Gasteiger partial charge in [-0.2, -0.15) is 0 Å². The lowest BCUT2D eigenvalue weighted by Crippen LogP contribution is -2.53. The molecule has 0 fully saturated rings. The van der Waals surface area contributed by atoms with Crippen molar-refractivity contribution in [3.05, 3.63) is 0 Å². The van der Waals surface area contributed by atoms with Gasteiger partial charge in [-0.15, -0.1) is 11.8 Å². The Labute approximate surface area is 158 Å². The number of carboxylic acid groups (broad SMARTS) is 1. The molecule has 0 bridgehead atoms. The molecule has 0 aliphatic rings. The number of hydrogen-bond acceptors (Lipinski definition) is 6. The summed E-state index contributed by atoms with van der Waals surface area (Å²) in [5, 5.41) is 16.2. The van der Waals surface area contributed by atoms with E-state index in [9.17, 15) is 19.2 Å². The van der Waals surface area contributed by atoms with Gasteiger partial charge in [0.25, 0.3) is 0 Å². The van der Waals surface area contributed by atoms with Crippen molar-refractivity contribution in [2.45, 2.75) is 64.6 Å². The van der Waals surface area contributed by atoms with Gasteiger partial charge in [0.2, 0.25) is 17.7 Å². The van der Waals surface area contributed by atoms with Gasteiger partial charge in [-0.3, -0.25) is 19.2 Å². The summed E-state index contributed by atoms with van der Waals surface area (Å²) in [7, 11) is 0. The van der Waals surface area contributed by atoms with Crippen molar-refractivity contribution < 1.29 is 24.3 Å². The van der Waals surface area contributed by atoms with Crippen LogP contribution in [0.15, 0.2) is 0 Å². The van der Waals surface area contributed by atoms with Crippen molar-refractivity contribution in [1.29, 1.82) is 0 Å². The number of rotatable bonds is 13. The summed E-state index contributed by atoms with van der Waals surface area (Å²) in [4.78, 5) is 45.7. The number of thioether (sulfide) groups is 1. The van der Waals surface area contributed by atoms with Gasteiger partial charge < -0.3 is 26.8 Å². The Bertz CT molecular complexity index is 487. The molecule has 0 spiro atoms. The SMILES string of the molecule is C[C@H](N)C(=O)N[C@@H](C)C(=O)N[C@H](C)C(=O)NCSCCCCCC(=O)O. The van der Waals surface area contributed by atoms with Crippen LogP contribution in [0.1, 0.15) is 46.5 Å². The monoisotopic (exact) mass is 390 g/mol. The van der Waals surface area contributed by atoms with Crippen LogP contribution in [-0.2, 0) is 19.2 Å². The van der Waals surface area contributed by atoms with Crippen LogP contribution in [-0.4, -0.2) is 58.6 Å². The largest absolute Gasteiger partial charge is 0.481 e. The molecule has 150 valence electrons. The zero-order chi connectivity index (χ0) is 20.1. The van der Waals surface area contributed by atoms with Crippen LogP contribution in [0.3, 0.4) is 0 Å². The molecule has 6 N–H and O–H groups in total. The Kier molecular flexibility index (Phi) is 12.5. The molecule has 0 saturated carbocycles. The fourth-order valence-corrected chi connectivity index (χ4v) is 2.62. The third-order valence-electron chi connectivity index (χ3n) is 3.45. The highest BCUT2D eigenvalue weighted by atomic mass is 32.2. The number of carbonyl (C=O) groups is 4. The number of nitrogens with one attached hydrogen (secondary N) is 3. The second-order valence-corrected chi connectivity index (χ2v) is 7.15. The second kappa shape index (κ2) is 13.4. The molecule has 9 nitrogen and oxygen atoms in total.